The molecule has 0 saturated carbocycles. The molecule has 0 bridgehead atoms. The highest BCUT2D eigenvalue weighted by molar-refractivity contribution is 5.92. The fraction of sp³-hybridized carbons (Fsp3) is 0.176. The van der Waals surface area contributed by atoms with Crippen molar-refractivity contribution in [2.24, 2.45) is 7.05 Å². The molecular weight excluding hydrogens is 262 g/mol. The van der Waals surface area contributed by atoms with E-state index in [1.807, 2.05) is 44.3 Å². The third-order valence-corrected chi connectivity index (χ3v) is 3.45. The Morgan fingerprint density at radius 1 is 1.14 bits per heavy atom. The molecule has 1 heterocycles. The van der Waals surface area contributed by atoms with E-state index in [2.05, 4.69) is 28.6 Å². The first kappa shape index (κ1) is 13.4. The summed E-state index contributed by atoms with van der Waals surface area (Å²) in [5, 5.41) is 9.44. The number of rotatable bonds is 3. The molecule has 21 heavy (non-hydrogen) atoms. The minimum Gasteiger partial charge on any atom is -0.311 e. The van der Waals surface area contributed by atoms with Crippen LogP contribution in [0, 0.1) is 6.92 Å². The SMILES string of the molecule is Cc1cc(NC(=O)Cc2ccc3ccccc3c2)n(C)n1. The van der Waals surface area contributed by atoms with Crippen LogP contribution in [0.25, 0.3) is 10.8 Å². The van der Waals surface area contributed by atoms with Crippen LogP contribution in [-0.4, -0.2) is 15.7 Å². The Kier molecular flexibility index (Phi) is 3.44. The normalized spacial score (nSPS) is 10.8. The van der Waals surface area contributed by atoms with Crippen LogP contribution in [0.3, 0.4) is 0 Å². The number of hydrogen-bond donors (Lipinski definition) is 1. The second-order valence-electron chi connectivity index (χ2n) is 5.20. The maximum atomic E-state index is 12.1. The molecule has 106 valence electrons. The van der Waals surface area contributed by atoms with Gasteiger partial charge in [-0.2, -0.15) is 5.10 Å². The van der Waals surface area contributed by atoms with Crippen molar-refractivity contribution in [1.82, 2.24) is 9.78 Å². The monoisotopic (exact) mass is 279 g/mol. The zero-order chi connectivity index (χ0) is 14.8. The average molecular weight is 279 g/mol. The van der Waals surface area contributed by atoms with Crippen molar-refractivity contribution in [1.29, 1.82) is 0 Å². The zero-order valence-electron chi connectivity index (χ0n) is 12.1. The van der Waals surface area contributed by atoms with Gasteiger partial charge < -0.3 is 5.32 Å². The minimum atomic E-state index is -0.0340. The van der Waals surface area contributed by atoms with Crippen molar-refractivity contribution in [3.63, 3.8) is 0 Å². The van der Waals surface area contributed by atoms with Crippen molar-refractivity contribution in [3.05, 3.63) is 59.8 Å². The highest BCUT2D eigenvalue weighted by Gasteiger charge is 2.08. The summed E-state index contributed by atoms with van der Waals surface area (Å²) in [6, 6.07) is 16.1. The largest absolute Gasteiger partial charge is 0.311 e. The van der Waals surface area contributed by atoms with Gasteiger partial charge >= 0.3 is 0 Å². The Morgan fingerprint density at radius 2 is 1.90 bits per heavy atom. The predicted octanol–water partition coefficient (Wildman–Crippen LogP) is 3.06. The Hall–Kier alpha value is -2.62. The summed E-state index contributed by atoms with van der Waals surface area (Å²) in [5.74, 6) is 0.687. The topological polar surface area (TPSA) is 46.9 Å². The smallest absolute Gasteiger partial charge is 0.229 e. The van der Waals surface area contributed by atoms with Gasteiger partial charge in [0.25, 0.3) is 0 Å². The van der Waals surface area contributed by atoms with E-state index < -0.39 is 0 Å². The Labute approximate surface area is 123 Å². The maximum Gasteiger partial charge on any atom is 0.229 e. The number of fused-ring (bicyclic) bond motifs is 1. The number of carbonyl (C=O) groups excluding carboxylic acids is 1. The van der Waals surface area contributed by atoms with Crippen LogP contribution < -0.4 is 5.32 Å². The molecule has 0 atom stereocenters. The number of nitrogens with one attached hydrogen (secondary N) is 1. The van der Waals surface area contributed by atoms with E-state index in [1.54, 1.807) is 4.68 Å². The van der Waals surface area contributed by atoms with Crippen LogP contribution in [0.5, 0.6) is 0 Å². The molecule has 0 aliphatic heterocycles. The van der Waals surface area contributed by atoms with E-state index in [4.69, 9.17) is 0 Å². The van der Waals surface area contributed by atoms with E-state index in [0.717, 1.165) is 22.5 Å². The lowest BCUT2D eigenvalue weighted by Gasteiger charge is -2.06. The highest BCUT2D eigenvalue weighted by atomic mass is 16.1. The van der Waals surface area contributed by atoms with E-state index in [1.165, 1.54) is 5.39 Å². The molecule has 0 fully saturated rings. The standard InChI is InChI=1S/C17H17N3O/c1-12-9-16(20(2)19-12)18-17(21)11-13-7-8-14-5-3-4-6-15(14)10-13/h3-10H,11H2,1-2H3,(H,18,21). The van der Waals surface area contributed by atoms with Gasteiger partial charge in [0, 0.05) is 13.1 Å². The summed E-state index contributed by atoms with van der Waals surface area (Å²) in [4.78, 5) is 12.1. The van der Waals surface area contributed by atoms with E-state index >= 15 is 0 Å². The molecule has 0 aliphatic rings. The molecule has 4 heteroatoms. The molecule has 1 amide bonds. The van der Waals surface area contributed by atoms with E-state index in [9.17, 15) is 4.79 Å². The number of nitrogens with zero attached hydrogens (tertiary/aromatic N) is 2. The van der Waals surface area contributed by atoms with Gasteiger partial charge in [0.1, 0.15) is 5.82 Å². The Balaban J connectivity index is 1.75. The van der Waals surface area contributed by atoms with Crippen LogP contribution >= 0.6 is 0 Å². The lowest BCUT2D eigenvalue weighted by molar-refractivity contribution is -0.115. The number of aryl methyl sites for hydroxylation is 2. The maximum absolute atomic E-state index is 12.1. The summed E-state index contributed by atoms with van der Waals surface area (Å²) in [5.41, 5.74) is 1.89. The van der Waals surface area contributed by atoms with Crippen LogP contribution in [-0.2, 0) is 18.3 Å². The van der Waals surface area contributed by atoms with Gasteiger partial charge in [-0.15, -0.1) is 0 Å². The number of carbonyl (C=O) groups is 1. The molecule has 4 nitrogen and oxygen atoms in total. The van der Waals surface area contributed by atoms with Crippen molar-refractivity contribution >= 4 is 22.5 Å². The van der Waals surface area contributed by atoms with Crippen LogP contribution in [0.15, 0.2) is 48.5 Å². The summed E-state index contributed by atoms with van der Waals surface area (Å²) in [6.07, 6.45) is 0.356. The van der Waals surface area contributed by atoms with Crippen molar-refractivity contribution < 1.29 is 4.79 Å². The first-order valence-corrected chi connectivity index (χ1v) is 6.90. The van der Waals surface area contributed by atoms with Crippen molar-refractivity contribution in [2.45, 2.75) is 13.3 Å². The molecule has 1 N–H and O–H groups in total. The van der Waals surface area contributed by atoms with Crippen molar-refractivity contribution in [2.75, 3.05) is 5.32 Å². The zero-order valence-corrected chi connectivity index (χ0v) is 12.1. The molecule has 1 aromatic heterocycles. The van der Waals surface area contributed by atoms with Crippen molar-refractivity contribution in [3.8, 4) is 0 Å². The summed E-state index contributed by atoms with van der Waals surface area (Å²) in [6.45, 7) is 1.90. The number of aromatic nitrogens is 2. The summed E-state index contributed by atoms with van der Waals surface area (Å²) < 4.78 is 1.67. The lowest BCUT2D eigenvalue weighted by atomic mass is 10.1. The molecule has 2 aromatic carbocycles. The van der Waals surface area contributed by atoms with Gasteiger partial charge in [-0.3, -0.25) is 9.48 Å². The van der Waals surface area contributed by atoms with Gasteiger partial charge in [0.15, 0.2) is 0 Å². The molecule has 3 rings (SSSR count). The minimum absolute atomic E-state index is 0.0340. The second kappa shape index (κ2) is 5.40. The molecule has 0 unspecified atom stereocenters. The molecule has 0 spiro atoms. The van der Waals surface area contributed by atoms with Gasteiger partial charge in [0.05, 0.1) is 12.1 Å². The lowest BCUT2D eigenvalue weighted by Crippen LogP contribution is -2.16. The summed E-state index contributed by atoms with van der Waals surface area (Å²) >= 11 is 0. The number of amides is 1. The quantitative estimate of drug-likeness (QED) is 0.801. The van der Waals surface area contributed by atoms with Crippen LogP contribution in [0.4, 0.5) is 5.82 Å². The fourth-order valence-corrected chi connectivity index (χ4v) is 2.45. The first-order valence-electron chi connectivity index (χ1n) is 6.90. The number of hydrogen-bond acceptors (Lipinski definition) is 2. The van der Waals surface area contributed by atoms with Gasteiger partial charge in [-0.1, -0.05) is 42.5 Å². The summed E-state index contributed by atoms with van der Waals surface area (Å²) in [7, 11) is 1.82. The Morgan fingerprint density at radius 3 is 2.62 bits per heavy atom. The predicted molar refractivity (Wildman–Crippen MR) is 84.2 cm³/mol. The van der Waals surface area contributed by atoms with Crippen LogP contribution in [0.1, 0.15) is 11.3 Å². The van der Waals surface area contributed by atoms with Crippen LogP contribution in [0.2, 0.25) is 0 Å². The average Bonchev–Trinajstić information content (AvgIpc) is 2.76. The first-order chi connectivity index (χ1) is 10.1. The molecule has 0 aliphatic carbocycles. The molecule has 0 saturated heterocycles. The van der Waals surface area contributed by atoms with Gasteiger partial charge in [-0.05, 0) is 23.3 Å². The highest BCUT2D eigenvalue weighted by Crippen LogP contribution is 2.16. The van der Waals surface area contributed by atoms with Gasteiger partial charge in [-0.25, -0.2) is 0 Å². The fourth-order valence-electron chi connectivity index (χ4n) is 2.45. The molecular formula is C17H17N3O. The third-order valence-electron chi connectivity index (χ3n) is 3.45. The molecule has 0 radical (unpaired) electrons. The molecule has 3 aromatic rings. The Bertz CT molecular complexity index is 805. The second-order valence-corrected chi connectivity index (χ2v) is 5.20. The van der Waals surface area contributed by atoms with E-state index in [-0.39, 0.29) is 5.91 Å². The number of anilines is 1. The number of benzene rings is 2. The van der Waals surface area contributed by atoms with Gasteiger partial charge in [0.2, 0.25) is 5.91 Å². The third kappa shape index (κ3) is 2.94. The van der Waals surface area contributed by atoms with E-state index in [0.29, 0.717) is 6.42 Å².